The van der Waals surface area contributed by atoms with Crippen molar-refractivity contribution in [3.63, 3.8) is 0 Å². The Kier molecular flexibility index (Phi) is 2.54. The Morgan fingerprint density at radius 2 is 2.13 bits per heavy atom. The molecule has 0 amide bonds. The Bertz CT molecular complexity index is 482. The van der Waals surface area contributed by atoms with Crippen molar-refractivity contribution in [1.29, 1.82) is 0 Å². The number of aromatic nitrogens is 3. The maximum absolute atomic E-state index is 4.50. The Hall–Kier alpha value is -0.900. The summed E-state index contributed by atoms with van der Waals surface area (Å²) in [5.74, 6) is 0.898. The first-order valence-electron chi connectivity index (χ1n) is 4.95. The maximum atomic E-state index is 4.50. The van der Waals surface area contributed by atoms with Crippen molar-refractivity contribution in [2.24, 2.45) is 5.41 Å². The number of pyridine rings is 1. The van der Waals surface area contributed by atoms with E-state index in [4.69, 9.17) is 0 Å². The van der Waals surface area contributed by atoms with Crippen LogP contribution in [0.2, 0.25) is 0 Å². The fourth-order valence-electron chi connectivity index (χ4n) is 1.47. The minimum atomic E-state index is 0.220. The average molecular weight is 268 g/mol. The molecule has 15 heavy (non-hydrogen) atoms. The fraction of sp³-hybridized carbons (Fsp3) is 0.455. The first kappa shape index (κ1) is 10.6. The Morgan fingerprint density at radius 1 is 1.40 bits per heavy atom. The SMILES string of the molecule is CC(C)(C)Cc1nc2c(Br)cccn2n1. The van der Waals surface area contributed by atoms with Gasteiger partial charge in [-0.05, 0) is 33.5 Å². The minimum absolute atomic E-state index is 0.220. The molecule has 0 bridgehead atoms. The topological polar surface area (TPSA) is 30.2 Å². The summed E-state index contributed by atoms with van der Waals surface area (Å²) in [5, 5.41) is 4.43. The van der Waals surface area contributed by atoms with E-state index in [9.17, 15) is 0 Å². The van der Waals surface area contributed by atoms with Gasteiger partial charge < -0.3 is 0 Å². The number of halogens is 1. The van der Waals surface area contributed by atoms with Gasteiger partial charge in [-0.25, -0.2) is 9.50 Å². The van der Waals surface area contributed by atoms with Crippen molar-refractivity contribution in [3.8, 4) is 0 Å². The van der Waals surface area contributed by atoms with Crippen LogP contribution in [0.4, 0.5) is 0 Å². The molecule has 0 N–H and O–H groups in total. The molecule has 0 saturated heterocycles. The molecule has 0 radical (unpaired) electrons. The second-order valence-electron chi connectivity index (χ2n) is 4.89. The number of rotatable bonds is 1. The second kappa shape index (κ2) is 3.59. The standard InChI is InChI=1S/C11H14BrN3/c1-11(2,3)7-9-13-10-8(12)5-4-6-15(10)14-9/h4-6H,7H2,1-3H3. The van der Waals surface area contributed by atoms with Crippen molar-refractivity contribution < 1.29 is 0 Å². The summed E-state index contributed by atoms with van der Waals surface area (Å²) >= 11 is 3.47. The molecular formula is C11H14BrN3. The number of nitrogens with zero attached hydrogens (tertiary/aromatic N) is 3. The van der Waals surface area contributed by atoms with Crippen LogP contribution < -0.4 is 0 Å². The number of hydrogen-bond donors (Lipinski definition) is 0. The van der Waals surface area contributed by atoms with Crippen LogP contribution >= 0.6 is 15.9 Å². The molecule has 0 saturated carbocycles. The zero-order valence-electron chi connectivity index (χ0n) is 9.16. The Labute approximate surface area is 97.6 Å². The zero-order valence-corrected chi connectivity index (χ0v) is 10.7. The van der Waals surface area contributed by atoms with Crippen molar-refractivity contribution in [2.45, 2.75) is 27.2 Å². The van der Waals surface area contributed by atoms with E-state index >= 15 is 0 Å². The summed E-state index contributed by atoms with van der Waals surface area (Å²) in [6.45, 7) is 6.56. The van der Waals surface area contributed by atoms with Crippen LogP contribution in [-0.2, 0) is 6.42 Å². The van der Waals surface area contributed by atoms with E-state index in [1.54, 1.807) is 0 Å². The van der Waals surface area contributed by atoms with E-state index in [1.165, 1.54) is 0 Å². The van der Waals surface area contributed by atoms with Crippen molar-refractivity contribution >= 4 is 21.6 Å². The highest BCUT2D eigenvalue weighted by molar-refractivity contribution is 9.10. The van der Waals surface area contributed by atoms with Crippen LogP contribution in [0.5, 0.6) is 0 Å². The number of hydrogen-bond acceptors (Lipinski definition) is 2. The van der Waals surface area contributed by atoms with Gasteiger partial charge >= 0.3 is 0 Å². The van der Waals surface area contributed by atoms with Crippen LogP contribution in [0.1, 0.15) is 26.6 Å². The van der Waals surface area contributed by atoms with Gasteiger partial charge in [0.05, 0.1) is 4.47 Å². The van der Waals surface area contributed by atoms with Gasteiger partial charge in [0.15, 0.2) is 11.5 Å². The molecule has 3 nitrogen and oxygen atoms in total. The third-order valence-electron chi connectivity index (χ3n) is 2.05. The molecule has 0 aromatic carbocycles. The molecule has 0 unspecified atom stereocenters. The molecule has 0 spiro atoms. The van der Waals surface area contributed by atoms with Gasteiger partial charge in [-0.15, -0.1) is 0 Å². The van der Waals surface area contributed by atoms with E-state index in [0.717, 1.165) is 22.4 Å². The van der Waals surface area contributed by atoms with Crippen molar-refractivity contribution in [1.82, 2.24) is 14.6 Å². The smallest absolute Gasteiger partial charge is 0.169 e. The zero-order chi connectivity index (χ0) is 11.1. The van der Waals surface area contributed by atoms with Gasteiger partial charge in [0.1, 0.15) is 0 Å². The van der Waals surface area contributed by atoms with E-state index in [1.807, 2.05) is 22.8 Å². The fourth-order valence-corrected chi connectivity index (χ4v) is 1.89. The largest absolute Gasteiger partial charge is 0.220 e. The maximum Gasteiger partial charge on any atom is 0.169 e. The summed E-state index contributed by atoms with van der Waals surface area (Å²) < 4.78 is 2.79. The van der Waals surface area contributed by atoms with Gasteiger partial charge in [0.25, 0.3) is 0 Å². The van der Waals surface area contributed by atoms with Gasteiger partial charge in [0.2, 0.25) is 0 Å². The third kappa shape index (κ3) is 2.37. The summed E-state index contributed by atoms with van der Waals surface area (Å²) in [6.07, 6.45) is 2.81. The van der Waals surface area contributed by atoms with E-state index in [-0.39, 0.29) is 5.41 Å². The van der Waals surface area contributed by atoms with Crippen molar-refractivity contribution in [3.05, 3.63) is 28.6 Å². The molecular weight excluding hydrogens is 254 g/mol. The molecule has 0 atom stereocenters. The quantitative estimate of drug-likeness (QED) is 0.795. The van der Waals surface area contributed by atoms with Crippen LogP contribution in [0, 0.1) is 5.41 Å². The highest BCUT2D eigenvalue weighted by atomic mass is 79.9. The number of fused-ring (bicyclic) bond motifs is 1. The van der Waals surface area contributed by atoms with Gasteiger partial charge in [0, 0.05) is 12.6 Å². The molecule has 4 heteroatoms. The lowest BCUT2D eigenvalue weighted by Gasteiger charge is -2.14. The summed E-state index contributed by atoms with van der Waals surface area (Å²) in [6, 6.07) is 3.93. The van der Waals surface area contributed by atoms with E-state index in [2.05, 4.69) is 46.8 Å². The lowest BCUT2D eigenvalue weighted by molar-refractivity contribution is 0.401. The van der Waals surface area contributed by atoms with Crippen LogP contribution in [0.15, 0.2) is 22.8 Å². The predicted octanol–water partition coefficient (Wildman–Crippen LogP) is 3.08. The molecule has 80 valence electrons. The first-order chi connectivity index (χ1) is 6.96. The Morgan fingerprint density at radius 3 is 2.73 bits per heavy atom. The lowest BCUT2D eigenvalue weighted by atomic mass is 9.92. The molecule has 2 rings (SSSR count). The molecule has 0 aliphatic carbocycles. The first-order valence-corrected chi connectivity index (χ1v) is 5.75. The summed E-state index contributed by atoms with van der Waals surface area (Å²) in [4.78, 5) is 4.50. The minimum Gasteiger partial charge on any atom is -0.220 e. The predicted molar refractivity (Wildman–Crippen MR) is 63.8 cm³/mol. The summed E-state index contributed by atoms with van der Waals surface area (Å²) in [5.41, 5.74) is 1.11. The van der Waals surface area contributed by atoms with Crippen molar-refractivity contribution in [2.75, 3.05) is 0 Å². The van der Waals surface area contributed by atoms with Gasteiger partial charge in [-0.1, -0.05) is 20.8 Å². The average Bonchev–Trinajstić information content (AvgIpc) is 2.45. The summed E-state index contributed by atoms with van der Waals surface area (Å²) in [7, 11) is 0. The van der Waals surface area contributed by atoms with Gasteiger partial charge in [-0.3, -0.25) is 0 Å². The molecule has 0 aliphatic heterocycles. The van der Waals surface area contributed by atoms with Gasteiger partial charge in [-0.2, -0.15) is 5.10 Å². The lowest BCUT2D eigenvalue weighted by Crippen LogP contribution is -2.10. The monoisotopic (exact) mass is 267 g/mol. The van der Waals surface area contributed by atoms with Crippen LogP contribution in [0.3, 0.4) is 0 Å². The molecule has 2 aromatic heterocycles. The Balaban J connectivity index is 2.44. The highest BCUT2D eigenvalue weighted by Gasteiger charge is 2.15. The third-order valence-corrected chi connectivity index (χ3v) is 2.67. The van der Waals surface area contributed by atoms with E-state index < -0.39 is 0 Å². The second-order valence-corrected chi connectivity index (χ2v) is 5.74. The molecule has 2 heterocycles. The van der Waals surface area contributed by atoms with Crippen LogP contribution in [0.25, 0.3) is 5.65 Å². The van der Waals surface area contributed by atoms with Crippen LogP contribution in [-0.4, -0.2) is 14.6 Å². The molecule has 0 aliphatic rings. The molecule has 2 aromatic rings. The normalized spacial score (nSPS) is 12.3. The molecule has 0 fully saturated rings. The van der Waals surface area contributed by atoms with E-state index in [0.29, 0.717) is 0 Å². The highest BCUT2D eigenvalue weighted by Crippen LogP contribution is 2.21.